The van der Waals surface area contributed by atoms with Crippen LogP contribution in [0.15, 0.2) is 24.3 Å². The van der Waals surface area contributed by atoms with Crippen molar-refractivity contribution in [2.24, 2.45) is 5.73 Å². The Morgan fingerprint density at radius 2 is 2.05 bits per heavy atom. The summed E-state index contributed by atoms with van der Waals surface area (Å²) >= 11 is 4.85. The molecule has 1 aromatic carbocycles. The summed E-state index contributed by atoms with van der Waals surface area (Å²) in [7, 11) is -3.42. The summed E-state index contributed by atoms with van der Waals surface area (Å²) in [6.45, 7) is 1.67. The van der Waals surface area contributed by atoms with Crippen LogP contribution in [0.1, 0.15) is 11.1 Å². The van der Waals surface area contributed by atoms with Crippen LogP contribution in [-0.2, 0) is 25.2 Å². The Balaban J connectivity index is 1.89. The lowest BCUT2D eigenvalue weighted by molar-refractivity contribution is -0.0847. The van der Waals surface area contributed by atoms with Crippen molar-refractivity contribution >= 4 is 27.2 Å². The molecule has 1 saturated heterocycles. The minimum atomic E-state index is -3.42. The van der Waals surface area contributed by atoms with Gasteiger partial charge in [0.1, 0.15) is 4.99 Å². The maximum atomic E-state index is 12.0. The van der Waals surface area contributed by atoms with Gasteiger partial charge in [0.05, 0.1) is 31.7 Å². The molecule has 0 aliphatic carbocycles. The van der Waals surface area contributed by atoms with Crippen LogP contribution in [0.4, 0.5) is 0 Å². The van der Waals surface area contributed by atoms with Gasteiger partial charge in [-0.1, -0.05) is 36.5 Å². The van der Waals surface area contributed by atoms with E-state index in [0.717, 1.165) is 0 Å². The van der Waals surface area contributed by atoms with E-state index in [2.05, 4.69) is 4.72 Å². The average Bonchev–Trinajstić information content (AvgIpc) is 2.46. The van der Waals surface area contributed by atoms with Crippen molar-refractivity contribution in [3.63, 3.8) is 0 Å². The topological polar surface area (TPSA) is 90.7 Å². The molecule has 0 radical (unpaired) electrons. The molecular weight excluding hydrogens is 312 g/mol. The molecule has 1 fully saturated rings. The van der Waals surface area contributed by atoms with Gasteiger partial charge in [-0.2, -0.15) is 0 Å². The maximum Gasteiger partial charge on any atom is 0.215 e. The third kappa shape index (κ3) is 5.33. The van der Waals surface area contributed by atoms with Gasteiger partial charge in [-0.3, -0.25) is 0 Å². The Morgan fingerprint density at radius 3 is 2.62 bits per heavy atom. The number of nitrogens with two attached hydrogens (primary N) is 1. The highest BCUT2D eigenvalue weighted by molar-refractivity contribution is 7.88. The summed E-state index contributed by atoms with van der Waals surface area (Å²) < 4.78 is 37.1. The Bertz CT molecular complexity index is 581. The lowest BCUT2D eigenvalue weighted by atomic mass is 10.1. The average molecular weight is 330 g/mol. The van der Waals surface area contributed by atoms with Crippen LogP contribution in [0.3, 0.4) is 0 Å². The molecule has 1 aliphatic rings. The van der Waals surface area contributed by atoms with Gasteiger partial charge in [0.2, 0.25) is 10.0 Å². The van der Waals surface area contributed by atoms with E-state index in [1.165, 1.54) is 0 Å². The van der Waals surface area contributed by atoms with Gasteiger partial charge in [0, 0.05) is 12.1 Å². The van der Waals surface area contributed by atoms with Crippen LogP contribution in [0.2, 0.25) is 0 Å². The van der Waals surface area contributed by atoms with Gasteiger partial charge >= 0.3 is 0 Å². The largest absolute Gasteiger partial charge is 0.389 e. The number of sulfonamides is 1. The highest BCUT2D eigenvalue weighted by atomic mass is 32.2. The number of hydrogen-bond acceptors (Lipinski definition) is 5. The zero-order valence-electron chi connectivity index (χ0n) is 11.4. The van der Waals surface area contributed by atoms with Gasteiger partial charge < -0.3 is 15.2 Å². The standard InChI is InChI=1S/C13H18N2O4S2/c14-13(20)11-3-1-10(2-4-11)9-21(16,17)15-7-12-8-18-5-6-19-12/h1-4,12,15H,5-9H2,(H2,14,20). The molecule has 0 bridgehead atoms. The molecule has 0 saturated carbocycles. The second kappa shape index (κ2) is 7.28. The fourth-order valence-corrected chi connectivity index (χ4v) is 3.22. The SMILES string of the molecule is NC(=S)c1ccc(CS(=O)(=O)NCC2COCCO2)cc1. The van der Waals surface area contributed by atoms with Crippen LogP contribution < -0.4 is 10.5 Å². The summed E-state index contributed by atoms with van der Waals surface area (Å²) in [6, 6.07) is 6.83. The quantitative estimate of drug-likeness (QED) is 0.722. The number of ether oxygens (including phenoxy) is 2. The van der Waals surface area contributed by atoms with Gasteiger partial charge in [-0.25, -0.2) is 13.1 Å². The number of hydrogen-bond donors (Lipinski definition) is 2. The normalized spacial score (nSPS) is 19.3. The first-order chi connectivity index (χ1) is 9.96. The smallest absolute Gasteiger partial charge is 0.215 e. The van der Waals surface area contributed by atoms with E-state index < -0.39 is 10.0 Å². The maximum absolute atomic E-state index is 12.0. The minimum absolute atomic E-state index is 0.0990. The van der Waals surface area contributed by atoms with Gasteiger partial charge in [-0.05, 0) is 5.56 Å². The summed E-state index contributed by atoms with van der Waals surface area (Å²) in [5, 5.41) is 0. The first-order valence-electron chi connectivity index (χ1n) is 6.52. The first kappa shape index (κ1) is 16.3. The highest BCUT2D eigenvalue weighted by Crippen LogP contribution is 2.08. The first-order valence-corrected chi connectivity index (χ1v) is 8.58. The molecule has 1 heterocycles. The van der Waals surface area contributed by atoms with E-state index in [9.17, 15) is 8.42 Å². The molecule has 1 aromatic rings. The Labute approximate surface area is 129 Å². The molecule has 0 aromatic heterocycles. The lowest BCUT2D eigenvalue weighted by Crippen LogP contribution is -2.40. The number of nitrogens with one attached hydrogen (secondary N) is 1. The van der Waals surface area contributed by atoms with E-state index >= 15 is 0 Å². The molecule has 0 spiro atoms. The summed E-state index contributed by atoms with van der Waals surface area (Å²) in [4.78, 5) is 0.289. The summed E-state index contributed by atoms with van der Waals surface area (Å²) in [5.74, 6) is -0.0990. The number of thiocarbonyl (C=S) groups is 1. The molecule has 1 atom stereocenters. The van der Waals surface area contributed by atoms with Crippen molar-refractivity contribution < 1.29 is 17.9 Å². The van der Waals surface area contributed by atoms with Crippen molar-refractivity contribution in [2.45, 2.75) is 11.9 Å². The summed E-state index contributed by atoms with van der Waals surface area (Å²) in [6.07, 6.45) is -0.231. The summed E-state index contributed by atoms with van der Waals surface area (Å²) in [5.41, 5.74) is 6.88. The lowest BCUT2D eigenvalue weighted by Gasteiger charge is -2.23. The fourth-order valence-electron chi connectivity index (χ4n) is 1.91. The second-order valence-corrected chi connectivity index (χ2v) is 6.98. The van der Waals surface area contributed by atoms with Crippen molar-refractivity contribution in [1.82, 2.24) is 4.72 Å². The minimum Gasteiger partial charge on any atom is -0.389 e. The van der Waals surface area contributed by atoms with Gasteiger partial charge in [0.25, 0.3) is 0 Å². The third-order valence-corrected chi connectivity index (χ3v) is 4.57. The van der Waals surface area contributed by atoms with E-state index in [0.29, 0.717) is 30.9 Å². The molecule has 0 amide bonds. The zero-order chi connectivity index (χ0) is 15.3. The Kier molecular flexibility index (Phi) is 5.65. The molecule has 1 unspecified atom stereocenters. The van der Waals surface area contributed by atoms with Crippen LogP contribution in [0, 0.1) is 0 Å². The number of rotatable bonds is 6. The van der Waals surface area contributed by atoms with Crippen LogP contribution in [0.25, 0.3) is 0 Å². The molecule has 21 heavy (non-hydrogen) atoms. The molecule has 3 N–H and O–H groups in total. The predicted octanol–water partition coefficient (Wildman–Crippen LogP) is 0.156. The van der Waals surface area contributed by atoms with E-state index in [-0.39, 0.29) is 23.4 Å². The second-order valence-electron chi connectivity index (χ2n) is 4.74. The molecule has 116 valence electrons. The van der Waals surface area contributed by atoms with Gasteiger partial charge in [-0.15, -0.1) is 0 Å². The fraction of sp³-hybridized carbons (Fsp3) is 0.462. The molecule has 8 heteroatoms. The van der Waals surface area contributed by atoms with E-state index in [1.54, 1.807) is 24.3 Å². The van der Waals surface area contributed by atoms with Crippen LogP contribution in [0.5, 0.6) is 0 Å². The zero-order valence-corrected chi connectivity index (χ0v) is 13.1. The van der Waals surface area contributed by atoms with Crippen LogP contribution in [-0.4, -0.2) is 45.9 Å². The number of benzene rings is 1. The molecule has 2 rings (SSSR count). The predicted molar refractivity (Wildman–Crippen MR) is 83.5 cm³/mol. The van der Waals surface area contributed by atoms with E-state index in [4.69, 9.17) is 27.4 Å². The Hall–Kier alpha value is -1.06. The molecular formula is C13H18N2O4S2. The third-order valence-electron chi connectivity index (χ3n) is 3.01. The molecule has 6 nitrogen and oxygen atoms in total. The van der Waals surface area contributed by atoms with Crippen LogP contribution >= 0.6 is 12.2 Å². The highest BCUT2D eigenvalue weighted by Gasteiger charge is 2.18. The van der Waals surface area contributed by atoms with Crippen molar-refractivity contribution in [1.29, 1.82) is 0 Å². The van der Waals surface area contributed by atoms with Crippen molar-refractivity contribution in [2.75, 3.05) is 26.4 Å². The van der Waals surface area contributed by atoms with Crippen molar-refractivity contribution in [3.05, 3.63) is 35.4 Å². The monoisotopic (exact) mass is 330 g/mol. The van der Waals surface area contributed by atoms with Gasteiger partial charge in [0.15, 0.2) is 0 Å². The Morgan fingerprint density at radius 1 is 1.33 bits per heavy atom. The van der Waals surface area contributed by atoms with E-state index in [1.807, 2.05) is 0 Å². The van der Waals surface area contributed by atoms with Crippen molar-refractivity contribution in [3.8, 4) is 0 Å². The molecule has 1 aliphatic heterocycles.